The number of carbonyl (C=O) groups is 1. The Morgan fingerprint density at radius 3 is 2.71 bits per heavy atom. The fourth-order valence-corrected chi connectivity index (χ4v) is 3.10. The molecule has 0 saturated carbocycles. The van der Waals surface area contributed by atoms with Crippen molar-refractivity contribution in [1.82, 2.24) is 14.8 Å². The topological polar surface area (TPSA) is 37.3 Å². The van der Waals surface area contributed by atoms with Crippen LogP contribution in [0.2, 0.25) is 0 Å². The molecule has 1 fully saturated rings. The van der Waals surface area contributed by atoms with Gasteiger partial charge < -0.3 is 5.32 Å². The van der Waals surface area contributed by atoms with E-state index in [1.165, 1.54) is 6.92 Å². The minimum atomic E-state index is -0.439. The number of halogens is 1. The van der Waals surface area contributed by atoms with E-state index in [1.807, 2.05) is 24.3 Å². The maximum atomic E-state index is 13.7. The molecule has 0 bridgehead atoms. The summed E-state index contributed by atoms with van der Waals surface area (Å²) in [4.78, 5) is 14.0. The van der Waals surface area contributed by atoms with E-state index in [0.29, 0.717) is 0 Å². The summed E-state index contributed by atoms with van der Waals surface area (Å²) in [5.41, 5.74) is 1.76. The van der Waals surface area contributed by atoms with Crippen molar-refractivity contribution in [2.24, 2.45) is 0 Å². The Morgan fingerprint density at radius 1 is 1.33 bits per heavy atom. The molecule has 0 unspecified atom stereocenters. The highest BCUT2D eigenvalue weighted by atomic mass is 19.1. The number of hydrogen-bond acceptors (Lipinski definition) is 3. The third-order valence-corrected chi connectivity index (χ3v) is 4.18. The Kier molecular flexibility index (Phi) is 4.03. The highest BCUT2D eigenvalue weighted by molar-refractivity contribution is 5.93. The van der Waals surface area contributed by atoms with Crippen LogP contribution in [-0.2, 0) is 0 Å². The lowest BCUT2D eigenvalue weighted by Gasteiger charge is -2.33. The van der Waals surface area contributed by atoms with Crippen LogP contribution in [0.25, 0.3) is 10.9 Å². The number of para-hydroxylation sites is 1. The molecule has 112 valence electrons. The first kappa shape index (κ1) is 14.2. The molecule has 3 rings (SSSR count). The number of hydrogen-bond donors (Lipinski definition) is 1. The molecular weight excluding hydrogens is 269 g/mol. The lowest BCUT2D eigenvalue weighted by molar-refractivity contribution is 0.0940. The number of aromatic nitrogens is 1. The monoisotopic (exact) mass is 289 g/mol. The number of nitrogens with one attached hydrogen (secondary N) is 1. The second-order valence-corrected chi connectivity index (χ2v) is 5.45. The molecule has 1 aromatic carbocycles. The minimum Gasteiger partial charge on any atom is -0.314 e. The Balaban J connectivity index is 2.07. The number of alkyl halides is 1. The maximum absolute atomic E-state index is 13.7. The first-order chi connectivity index (χ1) is 10.2. The van der Waals surface area contributed by atoms with Crippen molar-refractivity contribution in [2.75, 3.05) is 32.9 Å². The smallest absolute Gasteiger partial charge is 0.227 e. The van der Waals surface area contributed by atoms with Crippen LogP contribution in [0.5, 0.6) is 0 Å². The molecule has 2 aromatic rings. The zero-order valence-corrected chi connectivity index (χ0v) is 12.2. The quantitative estimate of drug-likeness (QED) is 0.941. The Bertz CT molecular complexity index is 646. The first-order valence-electron chi connectivity index (χ1n) is 7.34. The number of nitrogens with zero attached hydrogens (tertiary/aromatic N) is 2. The van der Waals surface area contributed by atoms with Gasteiger partial charge >= 0.3 is 0 Å². The summed E-state index contributed by atoms with van der Waals surface area (Å²) in [6, 6.07) is 7.43. The molecule has 4 nitrogen and oxygen atoms in total. The average Bonchev–Trinajstić information content (AvgIpc) is 2.89. The van der Waals surface area contributed by atoms with E-state index in [1.54, 1.807) is 10.8 Å². The van der Waals surface area contributed by atoms with Crippen LogP contribution in [-0.4, -0.2) is 48.2 Å². The van der Waals surface area contributed by atoms with Gasteiger partial charge in [0.1, 0.15) is 6.67 Å². The van der Waals surface area contributed by atoms with Crippen LogP contribution in [0.4, 0.5) is 4.39 Å². The molecule has 5 heteroatoms. The molecule has 0 aliphatic carbocycles. The highest BCUT2D eigenvalue weighted by Crippen LogP contribution is 2.30. The normalized spacial score (nSPS) is 18.0. The van der Waals surface area contributed by atoms with Crippen molar-refractivity contribution in [1.29, 1.82) is 0 Å². The van der Waals surface area contributed by atoms with Gasteiger partial charge in [0.25, 0.3) is 0 Å². The summed E-state index contributed by atoms with van der Waals surface area (Å²) in [5.74, 6) is -0.0460. The summed E-state index contributed by atoms with van der Waals surface area (Å²) in [7, 11) is 0. The van der Waals surface area contributed by atoms with Crippen LogP contribution in [0.15, 0.2) is 30.5 Å². The molecule has 1 atom stereocenters. The Morgan fingerprint density at radius 2 is 2.05 bits per heavy atom. The fourth-order valence-electron chi connectivity index (χ4n) is 3.10. The SMILES string of the molecule is CC(=O)n1cc([C@H](CF)N2CCNCC2)c2ccccc21. The maximum Gasteiger partial charge on any atom is 0.227 e. The zero-order chi connectivity index (χ0) is 14.8. The second kappa shape index (κ2) is 5.95. The number of piperazine rings is 1. The molecule has 2 heterocycles. The Hall–Kier alpha value is -1.72. The van der Waals surface area contributed by atoms with Crippen LogP contribution in [0, 0.1) is 0 Å². The van der Waals surface area contributed by atoms with E-state index in [9.17, 15) is 9.18 Å². The molecule has 1 aliphatic heterocycles. The largest absolute Gasteiger partial charge is 0.314 e. The van der Waals surface area contributed by atoms with E-state index in [4.69, 9.17) is 0 Å². The van der Waals surface area contributed by atoms with Crippen LogP contribution < -0.4 is 5.32 Å². The summed E-state index contributed by atoms with van der Waals surface area (Å²) < 4.78 is 15.3. The van der Waals surface area contributed by atoms with Gasteiger partial charge in [0.2, 0.25) is 5.91 Å². The van der Waals surface area contributed by atoms with Crippen LogP contribution in [0.3, 0.4) is 0 Å². The molecule has 1 N–H and O–H groups in total. The van der Waals surface area contributed by atoms with Crippen molar-refractivity contribution < 1.29 is 9.18 Å². The Labute approximate surface area is 123 Å². The highest BCUT2D eigenvalue weighted by Gasteiger charge is 2.25. The lowest BCUT2D eigenvalue weighted by Crippen LogP contribution is -2.45. The van der Waals surface area contributed by atoms with Crippen LogP contribution in [0.1, 0.15) is 23.3 Å². The second-order valence-electron chi connectivity index (χ2n) is 5.45. The van der Waals surface area contributed by atoms with Crippen molar-refractivity contribution in [3.05, 3.63) is 36.0 Å². The minimum absolute atomic E-state index is 0.0460. The summed E-state index contributed by atoms with van der Waals surface area (Å²) in [6.07, 6.45) is 1.80. The van der Waals surface area contributed by atoms with Gasteiger partial charge in [-0.25, -0.2) is 4.39 Å². The number of rotatable bonds is 3. The molecule has 1 aliphatic rings. The standard InChI is InChI=1S/C16H20FN3O/c1-12(21)20-11-14(13-4-2-3-5-15(13)20)16(10-17)19-8-6-18-7-9-19/h2-5,11,16,18H,6-10H2,1H3/t16-/m0/s1. The predicted octanol–water partition coefficient (Wildman–Crippen LogP) is 2.22. The van der Waals surface area contributed by atoms with Gasteiger partial charge in [0.15, 0.2) is 0 Å². The van der Waals surface area contributed by atoms with Crippen molar-refractivity contribution in [2.45, 2.75) is 13.0 Å². The summed E-state index contributed by atoms with van der Waals surface area (Å²) in [5, 5.41) is 4.25. The van der Waals surface area contributed by atoms with Gasteiger partial charge in [-0.15, -0.1) is 0 Å². The van der Waals surface area contributed by atoms with Gasteiger partial charge in [0, 0.05) is 44.7 Å². The van der Waals surface area contributed by atoms with Crippen molar-refractivity contribution in [3.63, 3.8) is 0 Å². The van der Waals surface area contributed by atoms with E-state index in [2.05, 4.69) is 10.2 Å². The number of fused-ring (bicyclic) bond motifs is 1. The predicted molar refractivity (Wildman–Crippen MR) is 81.4 cm³/mol. The molecule has 21 heavy (non-hydrogen) atoms. The van der Waals surface area contributed by atoms with Crippen molar-refractivity contribution >= 4 is 16.8 Å². The van der Waals surface area contributed by atoms with E-state index >= 15 is 0 Å². The molecule has 0 radical (unpaired) electrons. The van der Waals surface area contributed by atoms with Gasteiger partial charge in [0.05, 0.1) is 11.6 Å². The van der Waals surface area contributed by atoms with E-state index in [-0.39, 0.29) is 11.9 Å². The summed E-state index contributed by atoms with van der Waals surface area (Å²) in [6.45, 7) is 4.50. The number of carbonyl (C=O) groups excluding carboxylic acids is 1. The van der Waals surface area contributed by atoms with Crippen molar-refractivity contribution in [3.8, 4) is 0 Å². The van der Waals surface area contributed by atoms with Gasteiger partial charge in [-0.2, -0.15) is 0 Å². The van der Waals surface area contributed by atoms with Gasteiger partial charge in [-0.1, -0.05) is 18.2 Å². The third-order valence-electron chi connectivity index (χ3n) is 4.18. The molecular formula is C16H20FN3O. The lowest BCUT2D eigenvalue weighted by atomic mass is 10.0. The van der Waals surface area contributed by atoms with Gasteiger partial charge in [-0.3, -0.25) is 14.3 Å². The summed E-state index contributed by atoms with van der Waals surface area (Å²) >= 11 is 0. The average molecular weight is 289 g/mol. The molecule has 0 amide bonds. The number of benzene rings is 1. The molecule has 0 spiro atoms. The molecule has 1 saturated heterocycles. The fraction of sp³-hybridized carbons (Fsp3) is 0.438. The third kappa shape index (κ3) is 2.59. The van der Waals surface area contributed by atoms with E-state index in [0.717, 1.165) is 42.6 Å². The first-order valence-corrected chi connectivity index (χ1v) is 7.34. The van der Waals surface area contributed by atoms with E-state index < -0.39 is 6.67 Å². The zero-order valence-electron chi connectivity index (χ0n) is 12.2. The van der Waals surface area contributed by atoms with Crippen LogP contribution >= 0.6 is 0 Å². The molecule has 1 aromatic heterocycles. The van der Waals surface area contributed by atoms with Gasteiger partial charge in [-0.05, 0) is 11.6 Å².